The van der Waals surface area contributed by atoms with Crippen molar-refractivity contribution in [2.45, 2.75) is 57.3 Å². The van der Waals surface area contributed by atoms with E-state index >= 15 is 0 Å². The molecule has 17 nitrogen and oxygen atoms in total. The number of carboxylic acid groups (broad SMARTS) is 2. The fraction of sp³-hybridized carbons (Fsp3) is 0.538. The van der Waals surface area contributed by atoms with Gasteiger partial charge in [0.25, 0.3) is 18.5 Å². The zero-order chi connectivity index (χ0) is 41.4. The van der Waals surface area contributed by atoms with E-state index in [0.29, 0.717) is 43.7 Å². The molecule has 19 heteroatoms. The van der Waals surface area contributed by atoms with E-state index in [9.17, 15) is 23.2 Å². The number of hydrogen-bond acceptors (Lipinski definition) is 13. The number of likely N-dealkylation sites (tertiary alicyclic amines) is 1. The van der Waals surface area contributed by atoms with E-state index in [1.54, 1.807) is 12.1 Å². The monoisotopic (exact) mass is 815 g/mol. The fourth-order valence-corrected chi connectivity index (χ4v) is 7.38. The number of aromatic amines is 1. The molecule has 7 rings (SSSR count). The van der Waals surface area contributed by atoms with Gasteiger partial charge in [-0.2, -0.15) is 0 Å². The van der Waals surface area contributed by atoms with Crippen molar-refractivity contribution in [3.8, 4) is 5.75 Å². The lowest BCUT2D eigenvalue weighted by Crippen LogP contribution is -2.49. The van der Waals surface area contributed by atoms with Crippen LogP contribution in [-0.2, 0) is 35.3 Å². The predicted octanol–water partition coefficient (Wildman–Crippen LogP) is 2.43. The molecular weight excluding hydrogens is 764 g/mol. The standard InChI is InChI=1S/C37H47F2N7O6.2CH2O2/c38-28-19-25(1-2-30(28)40-31-3-4-34(47)43-36(31)48)46-15-13-45(14-16-46)12-11-44-9-5-24(6-10-44)22-51-27-20-29(39)35-32(21-27)41-33(42-37(35)49)23-52-26-7-17-50-18-8-26;2*2-1-3/h1-2,19-21,24,26,31,40H,3-18,22-23H2,(H,41,42,49)(H,43,47,48);2*1H,(H,2,3). The molecule has 0 radical (unpaired) electrons. The molecule has 2 amide bonds. The van der Waals surface area contributed by atoms with E-state index in [1.165, 1.54) is 12.1 Å². The Morgan fingerprint density at radius 1 is 0.879 bits per heavy atom. The van der Waals surface area contributed by atoms with Gasteiger partial charge in [-0.05, 0) is 69.3 Å². The summed E-state index contributed by atoms with van der Waals surface area (Å²) in [6, 6.07) is 7.31. The second-order valence-electron chi connectivity index (χ2n) is 14.4. The normalized spacial score (nSPS) is 19.6. The molecule has 316 valence electrons. The Labute approximate surface area is 333 Å². The third-order valence-electron chi connectivity index (χ3n) is 10.6. The van der Waals surface area contributed by atoms with Gasteiger partial charge in [0.15, 0.2) is 0 Å². The maximum Gasteiger partial charge on any atom is 0.290 e. The van der Waals surface area contributed by atoms with Gasteiger partial charge in [-0.3, -0.25) is 34.2 Å². The lowest BCUT2D eigenvalue weighted by atomic mass is 9.98. The van der Waals surface area contributed by atoms with E-state index in [2.05, 4.69) is 35.3 Å². The molecule has 4 aliphatic heterocycles. The molecule has 4 saturated heterocycles. The number of ether oxygens (including phenoxy) is 3. The number of anilines is 2. The summed E-state index contributed by atoms with van der Waals surface area (Å²) in [5.41, 5.74) is 0.792. The highest BCUT2D eigenvalue weighted by molar-refractivity contribution is 6.01. The van der Waals surface area contributed by atoms with Crippen LogP contribution in [0.3, 0.4) is 0 Å². The van der Waals surface area contributed by atoms with Crippen molar-refractivity contribution in [1.29, 1.82) is 0 Å². The van der Waals surface area contributed by atoms with E-state index in [-0.39, 0.29) is 54.6 Å². The Morgan fingerprint density at radius 3 is 2.21 bits per heavy atom. The Hall–Kier alpha value is -5.24. The summed E-state index contributed by atoms with van der Waals surface area (Å²) < 4.78 is 47.2. The summed E-state index contributed by atoms with van der Waals surface area (Å²) in [6.45, 7) is 8.63. The third kappa shape index (κ3) is 12.6. The zero-order valence-corrected chi connectivity index (χ0v) is 32.2. The first-order valence-electron chi connectivity index (χ1n) is 19.4. The summed E-state index contributed by atoms with van der Waals surface area (Å²) in [6.07, 6.45) is 4.17. The summed E-state index contributed by atoms with van der Waals surface area (Å²) in [5.74, 6) is -0.731. The van der Waals surface area contributed by atoms with E-state index in [1.807, 2.05) is 6.07 Å². The number of fused-ring (bicyclic) bond motifs is 1. The van der Waals surface area contributed by atoms with Crippen molar-refractivity contribution < 1.29 is 52.4 Å². The molecule has 1 unspecified atom stereocenters. The summed E-state index contributed by atoms with van der Waals surface area (Å²) in [4.78, 5) is 67.0. The second-order valence-corrected chi connectivity index (χ2v) is 14.4. The topological polar surface area (TPSA) is 216 Å². The van der Waals surface area contributed by atoms with Gasteiger partial charge in [0.05, 0.1) is 23.9 Å². The van der Waals surface area contributed by atoms with Crippen molar-refractivity contribution >= 4 is 47.0 Å². The number of H-pyrrole nitrogens is 1. The summed E-state index contributed by atoms with van der Waals surface area (Å²) in [5, 5.41) is 18.9. The van der Waals surface area contributed by atoms with Crippen molar-refractivity contribution in [3.63, 3.8) is 0 Å². The van der Waals surface area contributed by atoms with Crippen LogP contribution in [0.1, 0.15) is 44.3 Å². The molecule has 0 saturated carbocycles. The SMILES string of the molecule is O=C1CCC(Nc2ccc(N3CCN(CCN4CCC(COc5cc(F)c6c(=O)[nH]c(COC7CCOCC7)nc6c5)CC4)CC3)cc2F)C(=O)N1.O=CO.O=CO. The highest BCUT2D eigenvalue weighted by atomic mass is 19.1. The maximum atomic E-state index is 15.0. The van der Waals surface area contributed by atoms with Crippen LogP contribution in [-0.4, -0.2) is 139 Å². The van der Waals surface area contributed by atoms with Crippen LogP contribution < -0.4 is 25.8 Å². The molecule has 4 aliphatic rings. The van der Waals surface area contributed by atoms with Gasteiger partial charge in [0, 0.05) is 76.7 Å². The number of nitrogens with zero attached hydrogens (tertiary/aromatic N) is 4. The number of benzene rings is 2. The van der Waals surface area contributed by atoms with Gasteiger partial charge >= 0.3 is 0 Å². The highest BCUT2D eigenvalue weighted by Crippen LogP contribution is 2.26. The smallest absolute Gasteiger partial charge is 0.290 e. The first kappa shape index (κ1) is 43.9. The average molecular weight is 816 g/mol. The maximum absolute atomic E-state index is 15.0. The Morgan fingerprint density at radius 2 is 1.55 bits per heavy atom. The van der Waals surface area contributed by atoms with Crippen LogP contribution in [0.25, 0.3) is 10.9 Å². The van der Waals surface area contributed by atoms with E-state index in [0.717, 1.165) is 83.7 Å². The molecular formula is C39H51F2N7O10. The van der Waals surface area contributed by atoms with Crippen LogP contribution >= 0.6 is 0 Å². The molecule has 2 aromatic carbocycles. The van der Waals surface area contributed by atoms with Crippen molar-refractivity contribution in [1.82, 2.24) is 25.1 Å². The molecule has 1 aromatic heterocycles. The molecule has 58 heavy (non-hydrogen) atoms. The Balaban J connectivity index is 0.00000101. The molecule has 3 aromatic rings. The lowest BCUT2D eigenvalue weighted by molar-refractivity contribution is -0.133. The van der Waals surface area contributed by atoms with E-state index < -0.39 is 29.1 Å². The second kappa shape index (κ2) is 22.1. The molecule has 5 N–H and O–H groups in total. The van der Waals surface area contributed by atoms with Crippen molar-refractivity contribution in [2.75, 3.05) is 82.4 Å². The van der Waals surface area contributed by atoms with Crippen LogP contribution in [0.15, 0.2) is 35.1 Å². The molecule has 5 heterocycles. The summed E-state index contributed by atoms with van der Waals surface area (Å²) in [7, 11) is 0. The van der Waals surface area contributed by atoms with Crippen LogP contribution in [0, 0.1) is 17.6 Å². The molecule has 0 bridgehead atoms. The van der Waals surface area contributed by atoms with Crippen LogP contribution in [0.2, 0.25) is 0 Å². The number of carbonyl (C=O) groups is 4. The fourth-order valence-electron chi connectivity index (χ4n) is 7.38. The number of aromatic nitrogens is 2. The van der Waals surface area contributed by atoms with Gasteiger partial charge < -0.3 is 44.5 Å². The highest BCUT2D eigenvalue weighted by Gasteiger charge is 2.28. The summed E-state index contributed by atoms with van der Waals surface area (Å²) >= 11 is 0. The zero-order valence-electron chi connectivity index (χ0n) is 32.2. The minimum Gasteiger partial charge on any atom is -0.493 e. The lowest BCUT2D eigenvalue weighted by Gasteiger charge is -2.38. The largest absolute Gasteiger partial charge is 0.493 e. The number of amides is 2. The molecule has 1 atom stereocenters. The molecule has 4 fully saturated rings. The number of nitrogens with one attached hydrogen (secondary N) is 3. The average Bonchev–Trinajstić information content (AvgIpc) is 3.21. The first-order valence-corrected chi connectivity index (χ1v) is 19.4. The van der Waals surface area contributed by atoms with Gasteiger partial charge in [-0.15, -0.1) is 0 Å². The predicted molar refractivity (Wildman–Crippen MR) is 208 cm³/mol. The third-order valence-corrected chi connectivity index (χ3v) is 10.6. The number of carbonyl (C=O) groups excluding carboxylic acids is 2. The Bertz CT molecular complexity index is 1890. The number of piperidine rings is 2. The Kier molecular flexibility index (Phi) is 16.7. The number of piperazine rings is 1. The molecule has 0 aliphatic carbocycles. The van der Waals surface area contributed by atoms with Crippen molar-refractivity contribution in [3.05, 3.63) is 58.1 Å². The van der Waals surface area contributed by atoms with Gasteiger partial charge in [-0.1, -0.05) is 0 Å². The number of imide groups is 1. The van der Waals surface area contributed by atoms with Crippen LogP contribution in [0.5, 0.6) is 5.75 Å². The minimum atomic E-state index is -0.654. The minimum absolute atomic E-state index is 0.0485. The van der Waals surface area contributed by atoms with Crippen LogP contribution in [0.4, 0.5) is 20.2 Å². The number of rotatable bonds is 12. The van der Waals surface area contributed by atoms with Gasteiger partial charge in [0.2, 0.25) is 11.8 Å². The number of halogens is 2. The van der Waals surface area contributed by atoms with Gasteiger partial charge in [0.1, 0.15) is 41.2 Å². The first-order chi connectivity index (χ1) is 28.1. The van der Waals surface area contributed by atoms with Crippen molar-refractivity contribution in [2.24, 2.45) is 5.92 Å². The quantitative estimate of drug-likeness (QED) is 0.131. The molecule has 0 spiro atoms. The van der Waals surface area contributed by atoms with Gasteiger partial charge in [-0.25, -0.2) is 13.8 Å². The number of hydrogen-bond donors (Lipinski definition) is 5. The van der Waals surface area contributed by atoms with E-state index in [4.69, 9.17) is 34.0 Å².